The van der Waals surface area contributed by atoms with Gasteiger partial charge in [0.05, 0.1) is 16.9 Å². The van der Waals surface area contributed by atoms with Crippen LogP contribution in [0.2, 0.25) is 5.02 Å². The van der Waals surface area contributed by atoms with Crippen LogP contribution in [0.4, 0.5) is 0 Å². The molecule has 0 aliphatic rings. The van der Waals surface area contributed by atoms with E-state index >= 15 is 0 Å². The fourth-order valence-corrected chi connectivity index (χ4v) is 3.43. The minimum atomic E-state index is -0.340. The van der Waals surface area contributed by atoms with Gasteiger partial charge in [0, 0.05) is 5.02 Å². The molecule has 1 amide bonds. The minimum Gasteiger partial charge on any atom is -0.364 e. The van der Waals surface area contributed by atoms with Crippen molar-refractivity contribution in [2.24, 2.45) is 0 Å². The molecule has 156 valence electrons. The highest BCUT2D eigenvalue weighted by molar-refractivity contribution is 6.30. The van der Waals surface area contributed by atoms with Gasteiger partial charge in [0.15, 0.2) is 0 Å². The number of rotatable bonds is 7. The lowest BCUT2D eigenvalue weighted by Crippen LogP contribution is -2.32. The first-order valence-corrected chi connectivity index (χ1v) is 10.1. The monoisotopic (exact) mass is 433 g/mol. The molecule has 1 heterocycles. The Morgan fingerprint density at radius 1 is 0.968 bits per heavy atom. The summed E-state index contributed by atoms with van der Waals surface area (Å²) < 4.78 is 5.51. The molecule has 0 aliphatic heterocycles. The second-order valence-electron chi connectivity index (χ2n) is 6.99. The summed E-state index contributed by atoms with van der Waals surface area (Å²) in [5.41, 5.74) is 2.20. The number of benzene rings is 3. The summed E-state index contributed by atoms with van der Waals surface area (Å²) in [5, 5.41) is 4.14. The van der Waals surface area contributed by atoms with Crippen molar-refractivity contribution in [3.05, 3.63) is 111 Å². The van der Waals surface area contributed by atoms with Gasteiger partial charge in [-0.25, -0.2) is 4.98 Å². The van der Waals surface area contributed by atoms with Gasteiger partial charge in [-0.1, -0.05) is 66.2 Å². The highest BCUT2D eigenvalue weighted by atomic mass is 35.5. The lowest BCUT2D eigenvalue weighted by Gasteiger charge is -2.20. The average molecular weight is 434 g/mol. The second-order valence-corrected chi connectivity index (χ2v) is 7.42. The van der Waals surface area contributed by atoms with Crippen LogP contribution in [-0.4, -0.2) is 22.5 Å². The van der Waals surface area contributed by atoms with E-state index in [9.17, 15) is 9.59 Å². The average Bonchev–Trinajstić information content (AvgIpc) is 2.79. The summed E-state index contributed by atoms with van der Waals surface area (Å²) in [7, 11) is 0. The Bertz CT molecular complexity index is 1240. The predicted molar refractivity (Wildman–Crippen MR) is 120 cm³/mol. The number of hydrogen-bond acceptors (Lipinski definition) is 4. The zero-order valence-electron chi connectivity index (χ0n) is 16.5. The molecule has 0 saturated carbocycles. The van der Waals surface area contributed by atoms with E-state index in [0.717, 1.165) is 11.1 Å². The SMILES string of the molecule is O=C(COCc1nc2ccccc2c(=O)[nH]1)N[C@@H](c1ccccc1)c1ccc(Cl)cc1. The third-order valence-electron chi connectivity index (χ3n) is 4.78. The van der Waals surface area contributed by atoms with Crippen LogP contribution >= 0.6 is 11.6 Å². The summed E-state index contributed by atoms with van der Waals surface area (Å²) in [6.45, 7) is -0.155. The lowest BCUT2D eigenvalue weighted by atomic mass is 9.99. The number of aromatic amines is 1. The van der Waals surface area contributed by atoms with Gasteiger partial charge in [0.25, 0.3) is 5.56 Å². The van der Waals surface area contributed by atoms with Crippen molar-refractivity contribution in [1.82, 2.24) is 15.3 Å². The van der Waals surface area contributed by atoms with Crippen molar-refractivity contribution in [1.29, 1.82) is 0 Å². The molecule has 2 N–H and O–H groups in total. The Balaban J connectivity index is 1.42. The number of para-hydroxylation sites is 1. The van der Waals surface area contributed by atoms with E-state index in [1.54, 1.807) is 30.3 Å². The van der Waals surface area contributed by atoms with Gasteiger partial charge in [0.1, 0.15) is 19.0 Å². The summed E-state index contributed by atoms with van der Waals surface area (Å²) in [6.07, 6.45) is 0. The highest BCUT2D eigenvalue weighted by Gasteiger charge is 2.17. The lowest BCUT2D eigenvalue weighted by molar-refractivity contribution is -0.126. The normalized spacial score (nSPS) is 11.9. The molecular formula is C24H20ClN3O3. The largest absolute Gasteiger partial charge is 0.364 e. The molecule has 3 aromatic carbocycles. The molecule has 0 aliphatic carbocycles. The molecule has 0 fully saturated rings. The van der Waals surface area contributed by atoms with Crippen LogP contribution in [0.1, 0.15) is 23.0 Å². The van der Waals surface area contributed by atoms with Gasteiger partial charge >= 0.3 is 0 Å². The molecule has 4 rings (SSSR count). The van der Waals surface area contributed by atoms with Crippen LogP contribution in [0.3, 0.4) is 0 Å². The molecule has 0 saturated heterocycles. The van der Waals surface area contributed by atoms with Gasteiger partial charge in [-0.05, 0) is 35.4 Å². The van der Waals surface area contributed by atoms with E-state index in [-0.39, 0.29) is 30.7 Å². The van der Waals surface area contributed by atoms with Crippen LogP contribution in [0.15, 0.2) is 83.7 Å². The molecule has 0 spiro atoms. The maximum Gasteiger partial charge on any atom is 0.258 e. The number of fused-ring (bicyclic) bond motifs is 1. The number of halogens is 1. The molecule has 6 nitrogen and oxygen atoms in total. The van der Waals surface area contributed by atoms with E-state index in [0.29, 0.717) is 21.7 Å². The first kappa shape index (κ1) is 20.8. The quantitative estimate of drug-likeness (QED) is 0.461. The fourth-order valence-electron chi connectivity index (χ4n) is 3.31. The van der Waals surface area contributed by atoms with Gasteiger partial charge < -0.3 is 15.0 Å². The number of hydrogen-bond donors (Lipinski definition) is 2. The van der Waals surface area contributed by atoms with Gasteiger partial charge in [-0.2, -0.15) is 0 Å². The van der Waals surface area contributed by atoms with Gasteiger partial charge in [-0.3, -0.25) is 9.59 Å². The fraction of sp³-hybridized carbons (Fsp3) is 0.125. The molecule has 1 atom stereocenters. The maximum atomic E-state index is 12.6. The first-order valence-electron chi connectivity index (χ1n) is 9.75. The highest BCUT2D eigenvalue weighted by Crippen LogP contribution is 2.23. The summed E-state index contributed by atoms with van der Waals surface area (Å²) in [5.74, 6) is 0.0840. The molecule has 0 radical (unpaired) electrons. The van der Waals surface area contributed by atoms with Gasteiger partial charge in [0.2, 0.25) is 5.91 Å². The van der Waals surface area contributed by atoms with Crippen molar-refractivity contribution in [3.63, 3.8) is 0 Å². The van der Waals surface area contributed by atoms with Crippen molar-refractivity contribution in [3.8, 4) is 0 Å². The number of H-pyrrole nitrogens is 1. The van der Waals surface area contributed by atoms with Crippen molar-refractivity contribution >= 4 is 28.4 Å². The summed E-state index contributed by atoms with van der Waals surface area (Å²) in [6, 6.07) is 23.7. The van der Waals surface area contributed by atoms with E-state index in [1.165, 1.54) is 0 Å². The van der Waals surface area contributed by atoms with Crippen molar-refractivity contribution in [2.75, 3.05) is 6.61 Å². The van der Waals surface area contributed by atoms with Crippen LogP contribution in [-0.2, 0) is 16.1 Å². The number of ether oxygens (including phenoxy) is 1. The van der Waals surface area contributed by atoms with E-state index < -0.39 is 0 Å². The van der Waals surface area contributed by atoms with Crippen LogP contribution in [0, 0.1) is 0 Å². The summed E-state index contributed by atoms with van der Waals surface area (Å²) >= 11 is 6.00. The smallest absolute Gasteiger partial charge is 0.258 e. The topological polar surface area (TPSA) is 84.1 Å². The molecule has 31 heavy (non-hydrogen) atoms. The third-order valence-corrected chi connectivity index (χ3v) is 5.03. The first-order chi connectivity index (χ1) is 15.1. The zero-order valence-corrected chi connectivity index (χ0v) is 17.3. The van der Waals surface area contributed by atoms with E-state index in [1.807, 2.05) is 48.5 Å². The number of nitrogens with one attached hydrogen (secondary N) is 2. The van der Waals surface area contributed by atoms with Crippen LogP contribution in [0.25, 0.3) is 10.9 Å². The van der Waals surface area contributed by atoms with Gasteiger partial charge in [-0.15, -0.1) is 0 Å². The Morgan fingerprint density at radius 3 is 2.42 bits per heavy atom. The molecule has 0 bridgehead atoms. The minimum absolute atomic E-state index is 0.0183. The summed E-state index contributed by atoms with van der Waals surface area (Å²) in [4.78, 5) is 31.8. The zero-order chi connectivity index (χ0) is 21.6. The van der Waals surface area contributed by atoms with Crippen molar-refractivity contribution < 1.29 is 9.53 Å². The number of amides is 1. The van der Waals surface area contributed by atoms with Crippen LogP contribution in [0.5, 0.6) is 0 Å². The molecule has 0 unspecified atom stereocenters. The number of aromatic nitrogens is 2. The predicted octanol–water partition coefficient (Wildman–Crippen LogP) is 4.00. The third kappa shape index (κ3) is 5.17. The Hall–Kier alpha value is -3.48. The number of nitrogens with zero attached hydrogens (tertiary/aromatic N) is 1. The Kier molecular flexibility index (Phi) is 6.40. The molecule has 4 aromatic rings. The maximum absolute atomic E-state index is 12.6. The Labute approximate surface area is 183 Å². The molecular weight excluding hydrogens is 414 g/mol. The number of carbonyl (C=O) groups excluding carboxylic acids is 1. The molecule has 1 aromatic heterocycles. The standard InChI is InChI=1S/C24H20ClN3O3/c25-18-12-10-17(11-13-18)23(16-6-2-1-3-7-16)28-22(29)15-31-14-21-26-20-9-5-4-8-19(20)24(30)27-21/h1-13,23H,14-15H2,(H,28,29)(H,26,27,30)/t23-/m0/s1. The molecule has 7 heteroatoms. The number of carbonyl (C=O) groups is 1. The second kappa shape index (κ2) is 9.55. The van der Waals surface area contributed by atoms with E-state index in [4.69, 9.17) is 16.3 Å². The van der Waals surface area contributed by atoms with E-state index in [2.05, 4.69) is 15.3 Å². The van der Waals surface area contributed by atoms with Crippen LogP contribution < -0.4 is 10.9 Å². The van der Waals surface area contributed by atoms with Crippen molar-refractivity contribution in [2.45, 2.75) is 12.6 Å². The Morgan fingerprint density at radius 2 is 1.65 bits per heavy atom.